The van der Waals surface area contributed by atoms with Gasteiger partial charge in [0.15, 0.2) is 5.43 Å². The van der Waals surface area contributed by atoms with Crippen molar-refractivity contribution in [2.75, 3.05) is 26.2 Å². The first-order chi connectivity index (χ1) is 28.4. The van der Waals surface area contributed by atoms with Crippen LogP contribution in [0.15, 0.2) is 98.7 Å². The van der Waals surface area contributed by atoms with E-state index < -0.39 is 59.3 Å². The molecule has 0 saturated carbocycles. The van der Waals surface area contributed by atoms with Crippen molar-refractivity contribution in [3.8, 4) is 29.1 Å². The van der Waals surface area contributed by atoms with Gasteiger partial charge in [0, 0.05) is 66.7 Å². The van der Waals surface area contributed by atoms with Crippen molar-refractivity contribution in [1.29, 1.82) is 0 Å². The number of nitrogens with one attached hydrogen (secondary N) is 3. The number of ether oxygens (including phenoxy) is 2. The van der Waals surface area contributed by atoms with E-state index in [-0.39, 0.29) is 64.9 Å². The summed E-state index contributed by atoms with van der Waals surface area (Å²) in [5, 5.41) is 54.5. The van der Waals surface area contributed by atoms with Gasteiger partial charge >= 0.3 is 5.97 Å². The Kier molecular flexibility index (Phi) is 11.7. The van der Waals surface area contributed by atoms with E-state index in [4.69, 9.17) is 25.4 Å². The van der Waals surface area contributed by atoms with Crippen LogP contribution in [0.4, 0.5) is 0 Å². The zero-order valence-electron chi connectivity index (χ0n) is 33.3. The topological polar surface area (TPSA) is 235 Å². The summed E-state index contributed by atoms with van der Waals surface area (Å²) in [6.45, 7) is 5.50. The van der Waals surface area contributed by atoms with Crippen LogP contribution in [-0.2, 0) is 28.0 Å². The molecule has 2 aromatic carbocycles. The van der Waals surface area contributed by atoms with E-state index in [1.165, 1.54) is 12.1 Å². The summed E-state index contributed by atoms with van der Waals surface area (Å²) in [6, 6.07) is 7.55. The maximum Gasteiger partial charge on any atom is 0.335 e. The maximum absolute atomic E-state index is 14.1. The quantitative estimate of drug-likeness (QED) is 0.0771. The molecule has 3 aromatic rings. The number of esters is 1. The SMILES string of the molecule is C/C=C(/CNCC)C(=O)O[C@@H]1Cc2c3c(c4oc(CO)cc(=O)c4c2O)[C@@H](C2=CCNC(N)=C2)[C@@](CO)(c2cccc(O)c2)C#CC[C@H](CC2=CNC(N)C=C2)[C@]1(C)O3. The molecule has 4 aliphatic rings. The lowest BCUT2D eigenvalue weighted by atomic mass is 9.63. The highest BCUT2D eigenvalue weighted by Gasteiger charge is 2.54. The molecule has 14 heteroatoms. The molecule has 6 atom stereocenters. The number of allylic oxidation sites excluding steroid dienone is 5. The van der Waals surface area contributed by atoms with Crippen LogP contribution in [0.2, 0.25) is 0 Å². The zero-order chi connectivity index (χ0) is 42.1. The summed E-state index contributed by atoms with van der Waals surface area (Å²) in [7, 11) is 0. The first kappa shape index (κ1) is 41.2. The average Bonchev–Trinajstić information content (AvgIpc) is 3.22. The van der Waals surface area contributed by atoms with Gasteiger partial charge in [0.05, 0.1) is 24.0 Å². The molecule has 0 radical (unpaired) electrons. The van der Waals surface area contributed by atoms with Gasteiger partial charge in [-0.1, -0.05) is 43.2 Å². The molecule has 0 amide bonds. The largest absolute Gasteiger partial charge is 0.508 e. The fraction of sp³-hybridized carbons (Fsp3) is 0.378. The molecule has 1 aromatic heterocycles. The Morgan fingerprint density at radius 1 is 1.22 bits per heavy atom. The van der Waals surface area contributed by atoms with Crippen molar-refractivity contribution in [1.82, 2.24) is 16.0 Å². The Bertz CT molecular complexity index is 2440. The number of fused-ring (bicyclic) bond motifs is 3. The monoisotopic (exact) mass is 805 g/mol. The second kappa shape index (κ2) is 16.7. The first-order valence-electron chi connectivity index (χ1n) is 19.8. The lowest BCUT2D eigenvalue weighted by molar-refractivity contribution is -0.164. The molecule has 2 bridgehead atoms. The maximum atomic E-state index is 14.1. The number of hydrogen-bond acceptors (Lipinski definition) is 14. The third kappa shape index (κ3) is 7.58. The van der Waals surface area contributed by atoms with E-state index in [2.05, 4.69) is 27.8 Å². The van der Waals surface area contributed by atoms with E-state index in [0.717, 1.165) is 11.6 Å². The summed E-state index contributed by atoms with van der Waals surface area (Å²) in [4.78, 5) is 28.1. The van der Waals surface area contributed by atoms with Gasteiger partial charge in [-0.2, -0.15) is 0 Å². The third-order valence-corrected chi connectivity index (χ3v) is 11.8. The Hall–Kier alpha value is -5.98. The lowest BCUT2D eigenvalue weighted by Gasteiger charge is -2.48. The van der Waals surface area contributed by atoms with E-state index in [0.29, 0.717) is 42.0 Å². The summed E-state index contributed by atoms with van der Waals surface area (Å²) in [5.41, 5.74) is 11.6. The van der Waals surface area contributed by atoms with Crippen LogP contribution in [0.3, 0.4) is 0 Å². The van der Waals surface area contributed by atoms with Crippen LogP contribution in [0, 0.1) is 17.8 Å². The highest BCUT2D eigenvalue weighted by molar-refractivity contribution is 5.92. The van der Waals surface area contributed by atoms with Gasteiger partial charge in [-0.05, 0) is 67.8 Å². The number of phenols is 2. The van der Waals surface area contributed by atoms with Crippen LogP contribution in [0.25, 0.3) is 11.0 Å². The standard InChI is InChI=1S/C45H51N5O9/c1-4-26(22-48-5-2)43(56)58-34-20-32-40(55)37-33(54)19-31(23-51)57-42(37)38-39(27-13-15-49-36(47)17-27)45(24-52,29-8-6-10-30(53)18-29)14-7-9-28(44(34,3)59-41(32)38)16-25-11-12-35(46)50-21-25/h4,6,8,10-13,17-19,21,28,34-35,39,48-53,55H,5,9,15-16,20,22-24,46-47H2,1-3H3/b26-4-/t28-,34-,35?,39-,44+,45+/m1/s1. The number of nitrogens with two attached hydrogens (primary N) is 2. The van der Waals surface area contributed by atoms with Crippen molar-refractivity contribution in [3.05, 3.63) is 122 Å². The predicted octanol–water partition coefficient (Wildman–Crippen LogP) is 2.94. The van der Waals surface area contributed by atoms with Crippen LogP contribution in [0.1, 0.15) is 62.0 Å². The average molecular weight is 806 g/mol. The predicted molar refractivity (Wildman–Crippen MR) is 222 cm³/mol. The number of dihydropyridines is 2. The number of benzene rings is 2. The van der Waals surface area contributed by atoms with Crippen molar-refractivity contribution in [2.45, 2.75) is 75.8 Å². The number of phenolic OH excluding ortho intramolecular Hbond substituents is 2. The van der Waals surface area contributed by atoms with Gasteiger partial charge in [0.2, 0.25) is 0 Å². The molecule has 7 rings (SSSR count). The minimum absolute atomic E-state index is 0.0725. The Morgan fingerprint density at radius 3 is 2.71 bits per heavy atom. The minimum atomic E-state index is -1.57. The Labute approximate surface area is 342 Å². The number of aliphatic hydroxyl groups excluding tert-OH is 2. The summed E-state index contributed by atoms with van der Waals surface area (Å²) in [5.74, 6) is 4.61. The Morgan fingerprint density at radius 2 is 2.03 bits per heavy atom. The second-order valence-electron chi connectivity index (χ2n) is 15.5. The third-order valence-electron chi connectivity index (χ3n) is 11.8. The molecule has 59 heavy (non-hydrogen) atoms. The molecule has 310 valence electrons. The number of aromatic hydroxyl groups is 2. The fourth-order valence-corrected chi connectivity index (χ4v) is 8.61. The molecule has 5 heterocycles. The number of likely N-dealkylation sites (N-methyl/N-ethyl adjacent to an activating group) is 1. The molecule has 14 nitrogen and oxygen atoms in total. The lowest BCUT2D eigenvalue weighted by Crippen LogP contribution is -2.57. The highest BCUT2D eigenvalue weighted by Crippen LogP contribution is 2.57. The van der Waals surface area contributed by atoms with Crippen molar-refractivity contribution >= 4 is 16.9 Å². The second-order valence-corrected chi connectivity index (χ2v) is 15.5. The normalized spacial score (nSPS) is 26.2. The smallest absolute Gasteiger partial charge is 0.335 e. The molecule has 11 N–H and O–H groups in total. The minimum Gasteiger partial charge on any atom is -0.508 e. The van der Waals surface area contributed by atoms with Gasteiger partial charge < -0.3 is 61.7 Å². The number of hydrogen-bond donors (Lipinski definition) is 9. The molecular weight excluding hydrogens is 755 g/mol. The van der Waals surface area contributed by atoms with Crippen LogP contribution in [-0.4, -0.2) is 70.5 Å². The zero-order valence-corrected chi connectivity index (χ0v) is 33.3. The molecule has 0 fully saturated rings. The molecule has 0 aliphatic carbocycles. The molecule has 1 unspecified atom stereocenters. The molecule has 0 spiro atoms. The number of rotatable bonds is 11. The number of aliphatic hydroxyl groups is 2. The highest BCUT2D eigenvalue weighted by atomic mass is 16.6. The summed E-state index contributed by atoms with van der Waals surface area (Å²) >= 11 is 0. The van der Waals surface area contributed by atoms with Crippen molar-refractivity contribution in [2.24, 2.45) is 17.4 Å². The van der Waals surface area contributed by atoms with Gasteiger partial charge in [0.1, 0.15) is 52.3 Å². The van der Waals surface area contributed by atoms with E-state index in [9.17, 15) is 30.0 Å². The van der Waals surface area contributed by atoms with Gasteiger partial charge in [-0.15, -0.1) is 5.92 Å². The first-order valence-corrected chi connectivity index (χ1v) is 19.8. The number of carbonyl (C=O) groups is 1. The van der Waals surface area contributed by atoms with E-state index in [1.54, 1.807) is 31.2 Å². The molecule has 0 saturated heterocycles. The van der Waals surface area contributed by atoms with Crippen molar-refractivity contribution < 1.29 is 39.1 Å². The summed E-state index contributed by atoms with van der Waals surface area (Å²) in [6.07, 6.45) is 9.89. The van der Waals surface area contributed by atoms with E-state index in [1.807, 2.05) is 38.3 Å². The van der Waals surface area contributed by atoms with E-state index >= 15 is 0 Å². The molecule has 4 aliphatic heterocycles. The van der Waals surface area contributed by atoms with Gasteiger partial charge in [-0.3, -0.25) is 4.79 Å². The van der Waals surface area contributed by atoms with Crippen LogP contribution < -0.4 is 37.6 Å². The Balaban J connectivity index is 1.59. The van der Waals surface area contributed by atoms with Gasteiger partial charge in [0.25, 0.3) is 0 Å². The van der Waals surface area contributed by atoms with Crippen LogP contribution in [0.5, 0.6) is 17.2 Å². The number of carbonyl (C=O) groups excluding carboxylic acids is 1. The fourth-order valence-electron chi connectivity index (χ4n) is 8.61. The summed E-state index contributed by atoms with van der Waals surface area (Å²) < 4.78 is 20.1. The van der Waals surface area contributed by atoms with Gasteiger partial charge in [-0.25, -0.2) is 4.79 Å². The molecular formula is C45H51N5O9. The van der Waals surface area contributed by atoms with Crippen molar-refractivity contribution in [3.63, 3.8) is 0 Å². The van der Waals surface area contributed by atoms with Crippen LogP contribution >= 0.6 is 0 Å².